The minimum atomic E-state index is 0. The fourth-order valence-corrected chi connectivity index (χ4v) is 0. The zero-order valence-electron chi connectivity index (χ0n) is 3.93. The first-order chi connectivity index (χ1) is 2.27. The predicted octanol–water partition coefficient (Wildman–Crippen LogP) is -0.676. The molecule has 0 aromatic rings. The Hall–Kier alpha value is 0.269. The van der Waals surface area contributed by atoms with Crippen LogP contribution in [0, 0.1) is 0 Å². The molecule has 0 aliphatic carbocycles. The van der Waals surface area contributed by atoms with E-state index >= 15 is 0 Å². The van der Waals surface area contributed by atoms with Crippen LogP contribution in [0.15, 0.2) is 0 Å². The largest absolute Gasteiger partial charge is 0.351 e. The first kappa shape index (κ1) is 9.55. The van der Waals surface area contributed by atoms with Crippen LogP contribution >= 0.6 is 0 Å². The van der Waals surface area contributed by atoms with E-state index in [2.05, 4.69) is 0 Å². The monoisotopic (exact) mass is 193 g/mol. The normalized spacial score (nSPS) is 5.67. The van der Waals surface area contributed by atoms with Crippen LogP contribution in [0.3, 0.4) is 0 Å². The van der Waals surface area contributed by atoms with Crippen molar-refractivity contribution in [2.24, 2.45) is 0 Å². The second-order valence-electron chi connectivity index (χ2n) is 1.07. The number of hydrogen-bond acceptors (Lipinski definition) is 1. The molecule has 0 aromatic carbocycles. The molecule has 0 atom stereocenters. The summed E-state index contributed by atoms with van der Waals surface area (Å²) in [4.78, 5) is 10.9. The number of carbonyl (C=O) groups is 1. The van der Waals surface area contributed by atoms with Crippen LogP contribution in [0.1, 0.15) is 0 Å². The van der Waals surface area contributed by atoms with Crippen molar-refractivity contribution < 1.29 is 4.79 Å². The molecule has 0 aromatic heterocycles. The van der Waals surface area contributed by atoms with Crippen molar-refractivity contribution in [2.45, 2.75) is 0 Å². The zero-order chi connectivity index (χ0) is 4.28. The Balaban J connectivity index is 0. The third-order valence-electron chi connectivity index (χ3n) is 0.211. The first-order valence-corrected chi connectivity index (χ1v) is 1.39. The van der Waals surface area contributed by atoms with Gasteiger partial charge in [-0.15, -0.1) is 0 Å². The summed E-state index contributed by atoms with van der Waals surface area (Å²) < 4.78 is 0. The number of rotatable bonds is 1. The molecule has 0 heterocycles. The van der Waals surface area contributed by atoms with Gasteiger partial charge in [0.2, 0.25) is 6.41 Å². The van der Waals surface area contributed by atoms with Crippen LogP contribution in [0.2, 0.25) is 0 Å². The van der Waals surface area contributed by atoms with Crippen molar-refractivity contribution in [3.63, 3.8) is 0 Å². The van der Waals surface area contributed by atoms with Gasteiger partial charge in [-0.25, -0.2) is 0 Å². The van der Waals surface area contributed by atoms with Gasteiger partial charge < -0.3 is 4.90 Å². The van der Waals surface area contributed by atoms with E-state index in [4.69, 9.17) is 0 Å². The van der Waals surface area contributed by atoms with Crippen LogP contribution in [-0.4, -0.2) is 49.3 Å². The van der Waals surface area contributed by atoms with Gasteiger partial charge in [0, 0.05) is 38.0 Å². The summed E-state index contributed by atoms with van der Waals surface area (Å²) in [5.74, 6) is 0. The van der Waals surface area contributed by atoms with Gasteiger partial charge in [-0.05, 0) is 0 Å². The van der Waals surface area contributed by atoms with Gasteiger partial charge in [-0.2, -0.15) is 0 Å². The molecule has 6 heavy (non-hydrogen) atoms. The Morgan fingerprint density at radius 2 is 1.67 bits per heavy atom. The summed E-state index contributed by atoms with van der Waals surface area (Å²) in [7, 11) is 3.38. The Labute approximate surface area is 54.5 Å². The summed E-state index contributed by atoms with van der Waals surface area (Å²) >= 11 is 0. The van der Waals surface area contributed by atoms with E-state index in [9.17, 15) is 4.79 Å². The second-order valence-corrected chi connectivity index (χ2v) is 1.07. The third kappa shape index (κ3) is 8.86. The Morgan fingerprint density at radius 3 is 1.67 bits per heavy atom. The molecule has 0 unspecified atom stereocenters. The van der Waals surface area contributed by atoms with Crippen molar-refractivity contribution >= 4 is 30.3 Å². The Morgan fingerprint density at radius 1 is 1.50 bits per heavy atom. The fraction of sp³-hybridized carbons (Fsp3) is 0.667. The summed E-state index contributed by atoms with van der Waals surface area (Å²) in [5.41, 5.74) is 0. The average Bonchev–Trinajstić information content (AvgIpc) is 1.38. The molecule has 3 heteroatoms. The van der Waals surface area contributed by atoms with Gasteiger partial charge in [-0.3, -0.25) is 4.79 Å². The second kappa shape index (κ2) is 5.27. The van der Waals surface area contributed by atoms with Crippen molar-refractivity contribution in [1.82, 2.24) is 4.90 Å². The average molecular weight is 192 g/mol. The van der Waals surface area contributed by atoms with E-state index in [1.807, 2.05) is 0 Å². The molecule has 0 rings (SSSR count). The van der Waals surface area contributed by atoms with Gasteiger partial charge in [0.15, 0.2) is 0 Å². The van der Waals surface area contributed by atoms with Crippen LogP contribution in [0.4, 0.5) is 0 Å². The van der Waals surface area contributed by atoms with Gasteiger partial charge in [0.1, 0.15) is 0 Å². The number of nitrogens with zero attached hydrogens (tertiary/aromatic N) is 1. The topological polar surface area (TPSA) is 20.3 Å². The first-order valence-electron chi connectivity index (χ1n) is 1.39. The molecule has 1 amide bonds. The molecule has 0 saturated heterocycles. The van der Waals surface area contributed by atoms with Crippen LogP contribution in [0.5, 0.6) is 0 Å². The molecule has 0 bridgehead atoms. The molecule has 0 aliphatic rings. The standard InChI is InChI=1S/C3H7NO.Sn/c1-4(2)3-5;/h3H,1-2H3;. The predicted molar refractivity (Wildman–Crippen MR) is 25.5 cm³/mol. The minimum Gasteiger partial charge on any atom is -0.351 e. The van der Waals surface area contributed by atoms with E-state index in [0.717, 1.165) is 6.41 Å². The molecule has 0 spiro atoms. The van der Waals surface area contributed by atoms with E-state index in [1.54, 1.807) is 14.1 Å². The summed E-state index contributed by atoms with van der Waals surface area (Å²) in [6, 6.07) is 0. The van der Waals surface area contributed by atoms with Crippen LogP contribution in [-0.2, 0) is 4.79 Å². The smallest absolute Gasteiger partial charge is 0.209 e. The van der Waals surface area contributed by atoms with Gasteiger partial charge >= 0.3 is 0 Å². The zero-order valence-corrected chi connectivity index (χ0v) is 6.79. The number of hydrogen-bond donors (Lipinski definition) is 0. The maximum Gasteiger partial charge on any atom is 0.209 e. The van der Waals surface area contributed by atoms with Crippen LogP contribution < -0.4 is 0 Å². The minimum absolute atomic E-state index is 0. The molecule has 0 saturated carbocycles. The van der Waals surface area contributed by atoms with Crippen LogP contribution in [0.25, 0.3) is 0 Å². The summed E-state index contributed by atoms with van der Waals surface area (Å²) in [6.07, 6.45) is 0.750. The van der Waals surface area contributed by atoms with E-state index < -0.39 is 0 Å². The Kier molecular flexibility index (Phi) is 8.39. The SMILES string of the molecule is CN(C)C=O.[Sn]. The molecule has 34 valence electrons. The molecule has 2 nitrogen and oxygen atoms in total. The van der Waals surface area contributed by atoms with Gasteiger partial charge in [0.25, 0.3) is 0 Å². The van der Waals surface area contributed by atoms with Crippen molar-refractivity contribution in [1.29, 1.82) is 0 Å². The van der Waals surface area contributed by atoms with Gasteiger partial charge in [-0.1, -0.05) is 0 Å². The van der Waals surface area contributed by atoms with E-state index in [1.165, 1.54) is 4.90 Å². The maximum atomic E-state index is 9.43. The summed E-state index contributed by atoms with van der Waals surface area (Å²) in [6.45, 7) is 0. The quantitative estimate of drug-likeness (QED) is 0.398. The molecular weight excluding hydrogens is 185 g/mol. The fourth-order valence-electron chi connectivity index (χ4n) is 0. The molecular formula is C3H7NOSn. The molecule has 4 radical (unpaired) electrons. The third-order valence-corrected chi connectivity index (χ3v) is 0.211. The molecule has 0 fully saturated rings. The van der Waals surface area contributed by atoms with Crippen molar-refractivity contribution in [2.75, 3.05) is 14.1 Å². The van der Waals surface area contributed by atoms with Crippen molar-refractivity contribution in [3.05, 3.63) is 0 Å². The van der Waals surface area contributed by atoms with Crippen molar-refractivity contribution in [3.8, 4) is 0 Å². The van der Waals surface area contributed by atoms with Gasteiger partial charge in [0.05, 0.1) is 0 Å². The maximum absolute atomic E-state index is 9.43. The molecule has 0 aliphatic heterocycles. The number of carbonyl (C=O) groups excluding carboxylic acids is 1. The Bertz CT molecular complexity index is 37.8. The molecule has 0 N–H and O–H groups in total. The number of amides is 1. The summed E-state index contributed by atoms with van der Waals surface area (Å²) in [5, 5.41) is 0. The van der Waals surface area contributed by atoms with E-state index in [-0.39, 0.29) is 23.9 Å². The van der Waals surface area contributed by atoms with E-state index in [0.29, 0.717) is 0 Å².